The molecule has 1 fully saturated rings. The third-order valence-corrected chi connectivity index (χ3v) is 3.89. The summed E-state index contributed by atoms with van der Waals surface area (Å²) in [7, 11) is 0. The van der Waals surface area contributed by atoms with Gasteiger partial charge < -0.3 is 10.6 Å². The normalized spacial score (nSPS) is 16.6. The molecule has 5 nitrogen and oxygen atoms in total. The van der Waals surface area contributed by atoms with Gasteiger partial charge in [0.2, 0.25) is 5.95 Å². The van der Waals surface area contributed by atoms with E-state index in [9.17, 15) is 4.39 Å². The van der Waals surface area contributed by atoms with Crippen LogP contribution in [0, 0.1) is 5.82 Å². The molecule has 1 aliphatic rings. The molecule has 1 saturated heterocycles. The Morgan fingerprint density at radius 3 is 2.75 bits per heavy atom. The highest BCUT2D eigenvalue weighted by atomic mass is 79.9. The number of halogens is 2. The van der Waals surface area contributed by atoms with Gasteiger partial charge in [0.15, 0.2) is 5.82 Å². The van der Waals surface area contributed by atoms with Gasteiger partial charge in [-0.2, -0.15) is 4.98 Å². The lowest BCUT2D eigenvalue weighted by Gasteiger charge is -2.28. The first-order valence-electron chi connectivity index (χ1n) is 6.51. The summed E-state index contributed by atoms with van der Waals surface area (Å²) in [6, 6.07) is 4.91. The fourth-order valence-electron chi connectivity index (χ4n) is 2.31. The Morgan fingerprint density at radius 2 is 2.05 bits per heavy atom. The average Bonchev–Trinajstić information content (AvgIpc) is 2.88. The molecule has 3 N–H and O–H groups in total. The summed E-state index contributed by atoms with van der Waals surface area (Å²) in [5.41, 5.74) is 6.55. The molecule has 1 aromatic carbocycles. The number of nitrogens with one attached hydrogen (secondary N) is 1. The lowest BCUT2D eigenvalue weighted by molar-refractivity contribution is 0.496. The highest BCUT2D eigenvalue weighted by Crippen LogP contribution is 2.24. The van der Waals surface area contributed by atoms with Crippen molar-refractivity contribution in [2.45, 2.75) is 18.9 Å². The Morgan fingerprint density at radius 1 is 1.30 bits per heavy atom. The number of piperidine rings is 1. The zero-order chi connectivity index (χ0) is 14.1. The number of hydrogen-bond donors (Lipinski definition) is 2. The summed E-state index contributed by atoms with van der Waals surface area (Å²) < 4.78 is 14.1. The number of anilines is 1. The van der Waals surface area contributed by atoms with Crippen LogP contribution in [-0.4, -0.2) is 34.3 Å². The SMILES string of the molecule is NC1CCN(c2n[nH]c(-c3cc(F)cc(Br)c3)n2)CC1. The Kier molecular flexibility index (Phi) is 3.71. The lowest BCUT2D eigenvalue weighted by Crippen LogP contribution is -2.40. The van der Waals surface area contributed by atoms with E-state index in [2.05, 4.69) is 36.0 Å². The van der Waals surface area contributed by atoms with Crippen LogP contribution in [0.2, 0.25) is 0 Å². The first-order chi connectivity index (χ1) is 9.61. The zero-order valence-electron chi connectivity index (χ0n) is 10.8. The van der Waals surface area contributed by atoms with Gasteiger partial charge in [0, 0.05) is 29.2 Å². The minimum Gasteiger partial charge on any atom is -0.339 e. The molecule has 0 bridgehead atoms. The quantitative estimate of drug-likeness (QED) is 0.880. The van der Waals surface area contributed by atoms with Gasteiger partial charge in [-0.25, -0.2) is 4.39 Å². The Bertz CT molecular complexity index is 586. The standard InChI is InChI=1S/C13H15BrFN5/c14-9-5-8(6-10(15)7-9)12-17-13(19-18-12)20-3-1-11(16)2-4-20/h5-7,11H,1-4,16H2,(H,17,18,19). The maximum atomic E-state index is 13.4. The van der Waals surface area contributed by atoms with Gasteiger partial charge >= 0.3 is 0 Å². The van der Waals surface area contributed by atoms with E-state index in [0.717, 1.165) is 25.9 Å². The predicted octanol–water partition coefficient (Wildman–Crippen LogP) is 2.30. The molecular weight excluding hydrogens is 325 g/mol. The van der Waals surface area contributed by atoms with Crippen LogP contribution in [0.4, 0.5) is 10.3 Å². The Hall–Kier alpha value is -1.47. The van der Waals surface area contributed by atoms with Crippen molar-refractivity contribution < 1.29 is 4.39 Å². The molecule has 0 atom stereocenters. The molecule has 0 saturated carbocycles. The summed E-state index contributed by atoms with van der Waals surface area (Å²) >= 11 is 3.27. The van der Waals surface area contributed by atoms with Crippen LogP contribution in [0.15, 0.2) is 22.7 Å². The molecular formula is C13H15BrFN5. The zero-order valence-corrected chi connectivity index (χ0v) is 12.4. The second-order valence-corrected chi connectivity index (χ2v) is 5.88. The monoisotopic (exact) mass is 339 g/mol. The second kappa shape index (κ2) is 5.49. The van der Waals surface area contributed by atoms with Gasteiger partial charge in [0.05, 0.1) is 0 Å². The first kappa shape index (κ1) is 13.5. The Labute approximate surface area is 124 Å². The number of H-pyrrole nitrogens is 1. The van der Waals surface area contributed by atoms with E-state index in [1.54, 1.807) is 6.07 Å². The number of aromatic amines is 1. The molecule has 0 amide bonds. The number of nitrogens with two attached hydrogens (primary N) is 1. The van der Waals surface area contributed by atoms with Crippen LogP contribution in [0.3, 0.4) is 0 Å². The van der Waals surface area contributed by atoms with E-state index in [1.165, 1.54) is 12.1 Å². The third-order valence-electron chi connectivity index (χ3n) is 3.43. The van der Waals surface area contributed by atoms with E-state index in [-0.39, 0.29) is 11.9 Å². The second-order valence-electron chi connectivity index (χ2n) is 4.97. The highest BCUT2D eigenvalue weighted by molar-refractivity contribution is 9.10. The number of rotatable bonds is 2. The van der Waals surface area contributed by atoms with Gasteiger partial charge in [-0.1, -0.05) is 15.9 Å². The number of benzene rings is 1. The van der Waals surface area contributed by atoms with Crippen molar-refractivity contribution in [1.82, 2.24) is 15.2 Å². The van der Waals surface area contributed by atoms with Crippen molar-refractivity contribution in [2.75, 3.05) is 18.0 Å². The summed E-state index contributed by atoms with van der Waals surface area (Å²) in [5, 5.41) is 7.08. The van der Waals surface area contributed by atoms with E-state index in [1.807, 2.05) is 0 Å². The van der Waals surface area contributed by atoms with E-state index < -0.39 is 0 Å². The summed E-state index contributed by atoms with van der Waals surface area (Å²) in [6.07, 6.45) is 1.88. The van der Waals surface area contributed by atoms with Crippen LogP contribution in [-0.2, 0) is 0 Å². The molecule has 20 heavy (non-hydrogen) atoms. The topological polar surface area (TPSA) is 70.8 Å². The maximum absolute atomic E-state index is 13.4. The van der Waals surface area contributed by atoms with Crippen LogP contribution in [0.25, 0.3) is 11.4 Å². The molecule has 106 valence electrons. The molecule has 2 heterocycles. The van der Waals surface area contributed by atoms with Gasteiger partial charge in [-0.3, -0.25) is 5.10 Å². The maximum Gasteiger partial charge on any atom is 0.245 e. The van der Waals surface area contributed by atoms with Crippen molar-refractivity contribution in [3.63, 3.8) is 0 Å². The lowest BCUT2D eigenvalue weighted by atomic mass is 10.1. The van der Waals surface area contributed by atoms with Crippen LogP contribution in [0.1, 0.15) is 12.8 Å². The van der Waals surface area contributed by atoms with Gasteiger partial charge in [-0.15, -0.1) is 5.10 Å². The molecule has 0 radical (unpaired) electrons. The van der Waals surface area contributed by atoms with Crippen molar-refractivity contribution in [3.05, 3.63) is 28.5 Å². The van der Waals surface area contributed by atoms with Crippen LogP contribution >= 0.6 is 15.9 Å². The summed E-state index contributed by atoms with van der Waals surface area (Å²) in [5.74, 6) is 0.902. The number of aromatic nitrogens is 3. The molecule has 7 heteroatoms. The van der Waals surface area contributed by atoms with Crippen molar-refractivity contribution >= 4 is 21.9 Å². The molecule has 0 aliphatic carbocycles. The number of nitrogens with zero attached hydrogens (tertiary/aromatic N) is 3. The molecule has 3 rings (SSSR count). The molecule has 0 spiro atoms. The highest BCUT2D eigenvalue weighted by Gasteiger charge is 2.19. The van der Waals surface area contributed by atoms with Crippen LogP contribution in [0.5, 0.6) is 0 Å². The average molecular weight is 340 g/mol. The predicted molar refractivity (Wildman–Crippen MR) is 78.9 cm³/mol. The summed E-state index contributed by atoms with van der Waals surface area (Å²) in [4.78, 5) is 6.54. The molecule has 1 aliphatic heterocycles. The van der Waals surface area contributed by atoms with Gasteiger partial charge in [0.25, 0.3) is 0 Å². The van der Waals surface area contributed by atoms with E-state index >= 15 is 0 Å². The third kappa shape index (κ3) is 2.83. The van der Waals surface area contributed by atoms with Crippen molar-refractivity contribution in [3.8, 4) is 11.4 Å². The van der Waals surface area contributed by atoms with Crippen molar-refractivity contribution in [1.29, 1.82) is 0 Å². The first-order valence-corrected chi connectivity index (χ1v) is 7.30. The molecule has 2 aromatic rings. The van der Waals surface area contributed by atoms with E-state index in [0.29, 0.717) is 21.8 Å². The fourth-order valence-corrected chi connectivity index (χ4v) is 2.78. The summed E-state index contributed by atoms with van der Waals surface area (Å²) in [6.45, 7) is 1.70. The molecule has 1 aromatic heterocycles. The molecule has 0 unspecified atom stereocenters. The largest absolute Gasteiger partial charge is 0.339 e. The van der Waals surface area contributed by atoms with E-state index in [4.69, 9.17) is 5.73 Å². The van der Waals surface area contributed by atoms with Gasteiger partial charge in [0.1, 0.15) is 5.82 Å². The number of hydrogen-bond acceptors (Lipinski definition) is 4. The minimum absolute atomic E-state index is 0.267. The minimum atomic E-state index is -0.309. The Balaban J connectivity index is 1.83. The van der Waals surface area contributed by atoms with Gasteiger partial charge in [-0.05, 0) is 31.0 Å². The smallest absolute Gasteiger partial charge is 0.245 e. The van der Waals surface area contributed by atoms with Crippen LogP contribution < -0.4 is 10.6 Å². The fraction of sp³-hybridized carbons (Fsp3) is 0.385. The van der Waals surface area contributed by atoms with Crippen molar-refractivity contribution in [2.24, 2.45) is 5.73 Å².